The third-order valence-corrected chi connectivity index (χ3v) is 4.06. The van der Waals surface area contributed by atoms with Gasteiger partial charge in [0.2, 0.25) is 5.75 Å². The summed E-state index contributed by atoms with van der Waals surface area (Å²) in [6.45, 7) is 1.54. The normalized spacial score (nSPS) is 11.1. The van der Waals surface area contributed by atoms with Crippen LogP contribution >= 0.6 is 15.9 Å². The van der Waals surface area contributed by atoms with Gasteiger partial charge in [0.05, 0.1) is 21.3 Å². The van der Waals surface area contributed by atoms with Crippen molar-refractivity contribution in [1.82, 2.24) is 0 Å². The predicted octanol–water partition coefficient (Wildman–Crippen LogP) is 4.60. The SMILES string of the molecule is COc1cc(/C(=C\c2ccc(Br)cc2)C(C)=O)cc(OC)c1OC. The molecule has 0 aliphatic heterocycles. The molecule has 0 fully saturated rings. The highest BCUT2D eigenvalue weighted by Gasteiger charge is 2.17. The number of benzene rings is 2. The van der Waals surface area contributed by atoms with Crippen LogP contribution in [0.15, 0.2) is 40.9 Å². The lowest BCUT2D eigenvalue weighted by Crippen LogP contribution is -2.00. The predicted molar refractivity (Wildman–Crippen MR) is 98.8 cm³/mol. The van der Waals surface area contributed by atoms with E-state index in [4.69, 9.17) is 14.2 Å². The topological polar surface area (TPSA) is 44.8 Å². The highest BCUT2D eigenvalue weighted by atomic mass is 79.9. The van der Waals surface area contributed by atoms with Crippen molar-refractivity contribution in [2.75, 3.05) is 21.3 Å². The number of hydrogen-bond donors (Lipinski definition) is 0. The standard InChI is InChI=1S/C19H19BrO4/c1-12(21)16(9-13-5-7-15(20)8-6-13)14-10-17(22-2)19(24-4)18(11-14)23-3/h5-11H,1-4H3/b16-9-. The number of Topliss-reactive ketones (excluding diaryl/α,β-unsaturated/α-hetero) is 1. The van der Waals surface area contributed by atoms with Crippen LogP contribution < -0.4 is 14.2 Å². The summed E-state index contributed by atoms with van der Waals surface area (Å²) >= 11 is 3.40. The molecule has 5 heteroatoms. The van der Waals surface area contributed by atoms with Crippen LogP contribution in [0.4, 0.5) is 0 Å². The van der Waals surface area contributed by atoms with E-state index in [1.807, 2.05) is 30.3 Å². The highest BCUT2D eigenvalue weighted by Crippen LogP contribution is 2.40. The Morgan fingerprint density at radius 2 is 1.50 bits per heavy atom. The lowest BCUT2D eigenvalue weighted by atomic mass is 9.98. The van der Waals surface area contributed by atoms with Crippen molar-refractivity contribution < 1.29 is 19.0 Å². The third kappa shape index (κ3) is 3.97. The summed E-state index contributed by atoms with van der Waals surface area (Å²) < 4.78 is 17.0. The quantitative estimate of drug-likeness (QED) is 0.533. The van der Waals surface area contributed by atoms with Gasteiger partial charge in [0.25, 0.3) is 0 Å². The van der Waals surface area contributed by atoms with Gasteiger partial charge in [0.15, 0.2) is 17.3 Å². The molecule has 4 nitrogen and oxygen atoms in total. The van der Waals surface area contributed by atoms with Crippen LogP contribution in [0.1, 0.15) is 18.1 Å². The van der Waals surface area contributed by atoms with Crippen molar-refractivity contribution in [2.45, 2.75) is 6.92 Å². The summed E-state index contributed by atoms with van der Waals surface area (Å²) in [5, 5.41) is 0. The maximum atomic E-state index is 12.2. The van der Waals surface area contributed by atoms with Gasteiger partial charge in [-0.15, -0.1) is 0 Å². The minimum absolute atomic E-state index is 0.0489. The number of ether oxygens (including phenoxy) is 3. The van der Waals surface area contributed by atoms with Gasteiger partial charge in [-0.2, -0.15) is 0 Å². The molecule has 0 aliphatic rings. The smallest absolute Gasteiger partial charge is 0.203 e. The zero-order chi connectivity index (χ0) is 17.7. The molecule has 126 valence electrons. The van der Waals surface area contributed by atoms with Crippen molar-refractivity contribution in [3.8, 4) is 17.2 Å². The van der Waals surface area contributed by atoms with E-state index in [9.17, 15) is 4.79 Å². The first-order chi connectivity index (χ1) is 11.5. The lowest BCUT2D eigenvalue weighted by molar-refractivity contribution is -0.111. The Labute approximate surface area is 150 Å². The number of hydrogen-bond acceptors (Lipinski definition) is 4. The molecule has 0 radical (unpaired) electrons. The van der Waals surface area contributed by atoms with Crippen LogP contribution in [0.3, 0.4) is 0 Å². The molecular weight excluding hydrogens is 372 g/mol. The summed E-state index contributed by atoms with van der Waals surface area (Å²) in [4.78, 5) is 12.2. The van der Waals surface area contributed by atoms with Crippen molar-refractivity contribution in [3.63, 3.8) is 0 Å². The second kappa shape index (κ2) is 8.02. The van der Waals surface area contributed by atoms with Gasteiger partial charge in [-0.1, -0.05) is 28.1 Å². The zero-order valence-corrected chi connectivity index (χ0v) is 15.6. The largest absolute Gasteiger partial charge is 0.493 e. The molecule has 0 amide bonds. The molecule has 2 aromatic rings. The fraction of sp³-hybridized carbons (Fsp3) is 0.211. The molecule has 0 bridgehead atoms. The number of ketones is 1. The number of allylic oxidation sites excluding steroid dienone is 1. The van der Waals surface area contributed by atoms with Gasteiger partial charge >= 0.3 is 0 Å². The highest BCUT2D eigenvalue weighted by molar-refractivity contribution is 9.10. The van der Waals surface area contributed by atoms with Gasteiger partial charge in [-0.05, 0) is 48.4 Å². The number of carbonyl (C=O) groups is 1. The lowest BCUT2D eigenvalue weighted by Gasteiger charge is -2.15. The molecule has 2 rings (SSSR count). The van der Waals surface area contributed by atoms with Crippen LogP contribution in [0.2, 0.25) is 0 Å². The van der Waals surface area contributed by atoms with Crippen molar-refractivity contribution in [1.29, 1.82) is 0 Å². The van der Waals surface area contributed by atoms with E-state index in [2.05, 4.69) is 15.9 Å². The Balaban J connectivity index is 2.59. The third-order valence-electron chi connectivity index (χ3n) is 3.54. The zero-order valence-electron chi connectivity index (χ0n) is 14.1. The number of rotatable bonds is 6. The molecule has 0 aromatic heterocycles. The van der Waals surface area contributed by atoms with E-state index in [0.29, 0.717) is 28.4 Å². The van der Waals surface area contributed by atoms with Crippen LogP contribution in [0.5, 0.6) is 17.2 Å². The molecule has 0 aliphatic carbocycles. The average Bonchev–Trinajstić information content (AvgIpc) is 2.59. The maximum absolute atomic E-state index is 12.2. The fourth-order valence-corrected chi connectivity index (χ4v) is 2.61. The fourth-order valence-electron chi connectivity index (χ4n) is 2.35. The molecule has 0 heterocycles. The summed E-state index contributed by atoms with van der Waals surface area (Å²) in [6, 6.07) is 11.3. The second-order valence-corrected chi connectivity index (χ2v) is 6.00. The first-order valence-corrected chi connectivity index (χ1v) is 8.08. The Morgan fingerprint density at radius 1 is 0.958 bits per heavy atom. The Bertz CT molecular complexity index is 738. The monoisotopic (exact) mass is 390 g/mol. The minimum Gasteiger partial charge on any atom is -0.493 e. The molecule has 0 atom stereocenters. The van der Waals surface area contributed by atoms with Crippen LogP contribution in [-0.2, 0) is 4.79 Å². The molecule has 0 saturated heterocycles. The van der Waals surface area contributed by atoms with Crippen LogP contribution in [0.25, 0.3) is 11.6 Å². The molecule has 0 unspecified atom stereocenters. The summed E-state index contributed by atoms with van der Waals surface area (Å²) in [5.74, 6) is 1.46. The van der Waals surface area contributed by atoms with Gasteiger partial charge in [0.1, 0.15) is 0 Å². The number of carbonyl (C=O) groups excluding carboxylic acids is 1. The van der Waals surface area contributed by atoms with Crippen molar-refractivity contribution in [2.24, 2.45) is 0 Å². The van der Waals surface area contributed by atoms with Crippen LogP contribution in [-0.4, -0.2) is 27.1 Å². The minimum atomic E-state index is -0.0489. The van der Waals surface area contributed by atoms with E-state index in [1.165, 1.54) is 6.92 Å². The molecular formula is C19H19BrO4. The molecule has 2 aromatic carbocycles. The molecule has 0 N–H and O–H groups in total. The van der Waals surface area contributed by atoms with Gasteiger partial charge in [-0.25, -0.2) is 0 Å². The molecule has 24 heavy (non-hydrogen) atoms. The molecule has 0 saturated carbocycles. The van der Waals surface area contributed by atoms with Gasteiger partial charge in [-0.3, -0.25) is 4.79 Å². The van der Waals surface area contributed by atoms with Crippen LogP contribution in [0, 0.1) is 0 Å². The summed E-state index contributed by atoms with van der Waals surface area (Å²) in [7, 11) is 4.64. The van der Waals surface area contributed by atoms with E-state index in [0.717, 1.165) is 10.0 Å². The van der Waals surface area contributed by atoms with Gasteiger partial charge < -0.3 is 14.2 Å². The first-order valence-electron chi connectivity index (χ1n) is 7.28. The van der Waals surface area contributed by atoms with E-state index in [-0.39, 0.29) is 5.78 Å². The molecule has 0 spiro atoms. The summed E-state index contributed by atoms with van der Waals surface area (Å²) in [5.41, 5.74) is 2.20. The first kappa shape index (κ1) is 18.1. The van der Waals surface area contributed by atoms with Crippen molar-refractivity contribution in [3.05, 3.63) is 52.0 Å². The Hall–Kier alpha value is -2.27. The maximum Gasteiger partial charge on any atom is 0.203 e. The van der Waals surface area contributed by atoms with E-state index < -0.39 is 0 Å². The van der Waals surface area contributed by atoms with E-state index >= 15 is 0 Å². The summed E-state index contributed by atoms with van der Waals surface area (Å²) in [6.07, 6.45) is 1.84. The average molecular weight is 391 g/mol. The Kier molecular flexibility index (Phi) is 6.04. The van der Waals surface area contributed by atoms with Gasteiger partial charge in [0, 0.05) is 10.0 Å². The number of halogens is 1. The number of methoxy groups -OCH3 is 3. The second-order valence-electron chi connectivity index (χ2n) is 5.08. The van der Waals surface area contributed by atoms with E-state index in [1.54, 1.807) is 33.5 Å². The van der Waals surface area contributed by atoms with Crippen molar-refractivity contribution >= 4 is 33.4 Å². The Morgan fingerprint density at radius 3 is 1.92 bits per heavy atom.